The van der Waals surface area contributed by atoms with Gasteiger partial charge in [-0.15, -0.1) is 0 Å². The van der Waals surface area contributed by atoms with Crippen LogP contribution in [-0.2, 0) is 14.3 Å². The number of aliphatic hydroxyl groups excluding tert-OH is 1. The van der Waals surface area contributed by atoms with E-state index in [2.05, 4.69) is 4.74 Å². The lowest BCUT2D eigenvalue weighted by atomic mass is 10.0. The molecule has 0 amide bonds. The third-order valence-corrected chi connectivity index (χ3v) is 2.46. The number of benzene rings is 1. The van der Waals surface area contributed by atoms with Crippen LogP contribution in [0.5, 0.6) is 0 Å². The van der Waals surface area contributed by atoms with E-state index in [0.717, 1.165) is 24.3 Å². The number of carbonyl (C=O) groups is 2. The molecule has 0 bridgehead atoms. The van der Waals surface area contributed by atoms with Crippen molar-refractivity contribution in [3.05, 3.63) is 41.0 Å². The van der Waals surface area contributed by atoms with Gasteiger partial charge >= 0.3 is 5.97 Å². The summed E-state index contributed by atoms with van der Waals surface area (Å²) in [6.07, 6.45) is 0.857. The molecule has 0 atom stereocenters. The van der Waals surface area contributed by atoms with E-state index >= 15 is 0 Å². The lowest BCUT2D eigenvalue weighted by molar-refractivity contribution is -0.149. The Labute approximate surface area is 99.5 Å². The first-order chi connectivity index (χ1) is 7.95. The maximum Gasteiger partial charge on any atom is 0.378 e. The summed E-state index contributed by atoms with van der Waals surface area (Å²) in [6.45, 7) is 3.84. The fourth-order valence-corrected chi connectivity index (χ4v) is 1.27. The number of ether oxygens (including phenoxy) is 1. The first kappa shape index (κ1) is 13.0. The molecule has 0 fully saturated rings. The minimum atomic E-state index is -1.000. The fraction of sp³-hybridized carbons (Fsp3) is 0.231. The predicted molar refractivity (Wildman–Crippen MR) is 63.5 cm³/mol. The second-order valence-electron chi connectivity index (χ2n) is 3.68. The molecule has 1 aromatic carbocycles. The lowest BCUT2D eigenvalue weighted by Crippen LogP contribution is -2.13. The fourth-order valence-electron chi connectivity index (χ4n) is 1.27. The zero-order valence-corrected chi connectivity index (χ0v) is 9.98. The highest BCUT2D eigenvalue weighted by Gasteiger charge is 2.12. The zero-order valence-electron chi connectivity index (χ0n) is 9.98. The number of carbonyl (C=O) groups excluding carboxylic acids is 2. The van der Waals surface area contributed by atoms with Gasteiger partial charge in [0.25, 0.3) is 5.78 Å². The van der Waals surface area contributed by atoms with Crippen molar-refractivity contribution in [1.82, 2.24) is 0 Å². The number of esters is 1. The summed E-state index contributed by atoms with van der Waals surface area (Å²) in [4.78, 5) is 22.1. The molecule has 0 unspecified atom stereocenters. The molecular weight excluding hydrogens is 220 g/mol. The average Bonchev–Trinajstić information content (AvgIpc) is 2.31. The quantitative estimate of drug-likeness (QED) is 0.376. The monoisotopic (exact) mass is 234 g/mol. The van der Waals surface area contributed by atoms with Gasteiger partial charge in [0, 0.05) is 11.6 Å². The maximum atomic E-state index is 11.2. The highest BCUT2D eigenvalue weighted by atomic mass is 16.5. The molecule has 0 radical (unpaired) electrons. The van der Waals surface area contributed by atoms with Gasteiger partial charge in [0.1, 0.15) is 5.76 Å². The highest BCUT2D eigenvalue weighted by molar-refractivity contribution is 6.39. The number of aliphatic hydroxyl groups is 1. The summed E-state index contributed by atoms with van der Waals surface area (Å²) >= 11 is 0. The Hall–Kier alpha value is -2.10. The van der Waals surface area contributed by atoms with Crippen molar-refractivity contribution in [1.29, 1.82) is 0 Å². The normalized spacial score (nSPS) is 11.1. The molecular formula is C13H14O4. The molecule has 0 heterocycles. The molecule has 0 spiro atoms. The van der Waals surface area contributed by atoms with Gasteiger partial charge in [0.15, 0.2) is 0 Å². The Kier molecular flexibility index (Phi) is 4.04. The molecule has 90 valence electrons. The smallest absolute Gasteiger partial charge is 0.378 e. The van der Waals surface area contributed by atoms with E-state index in [9.17, 15) is 14.7 Å². The van der Waals surface area contributed by atoms with Crippen LogP contribution in [0.4, 0.5) is 0 Å². The summed E-state index contributed by atoms with van der Waals surface area (Å²) in [7, 11) is 1.11. The lowest BCUT2D eigenvalue weighted by Gasteiger charge is -2.04. The Morgan fingerprint density at radius 2 is 1.88 bits per heavy atom. The summed E-state index contributed by atoms with van der Waals surface area (Å²) in [6, 6.07) is 5.25. The molecule has 1 rings (SSSR count). The van der Waals surface area contributed by atoms with E-state index in [0.29, 0.717) is 5.56 Å². The SMILES string of the molecule is COC(=O)C(=O)/C=C(\O)c1ccc(C)c(C)c1. The summed E-state index contributed by atoms with van der Waals surface area (Å²) in [5, 5.41) is 9.68. The van der Waals surface area contributed by atoms with E-state index in [1.54, 1.807) is 12.1 Å². The van der Waals surface area contributed by atoms with Crippen LogP contribution in [0, 0.1) is 13.8 Å². The zero-order chi connectivity index (χ0) is 13.0. The van der Waals surface area contributed by atoms with Crippen LogP contribution in [0.2, 0.25) is 0 Å². The molecule has 0 aliphatic carbocycles. The second-order valence-corrected chi connectivity index (χ2v) is 3.68. The number of hydrogen-bond donors (Lipinski definition) is 1. The van der Waals surface area contributed by atoms with E-state index in [-0.39, 0.29) is 5.76 Å². The van der Waals surface area contributed by atoms with Crippen molar-refractivity contribution >= 4 is 17.5 Å². The number of hydrogen-bond acceptors (Lipinski definition) is 4. The van der Waals surface area contributed by atoms with Crippen molar-refractivity contribution in [3.63, 3.8) is 0 Å². The van der Waals surface area contributed by atoms with Gasteiger partial charge in [0.2, 0.25) is 0 Å². The van der Waals surface area contributed by atoms with Crippen molar-refractivity contribution in [3.8, 4) is 0 Å². The Morgan fingerprint density at radius 3 is 2.41 bits per heavy atom. The Bertz CT molecular complexity index is 486. The van der Waals surface area contributed by atoms with Gasteiger partial charge in [-0.25, -0.2) is 4.79 Å². The molecule has 0 aliphatic rings. The Morgan fingerprint density at radius 1 is 1.24 bits per heavy atom. The van der Waals surface area contributed by atoms with Gasteiger partial charge in [-0.05, 0) is 31.0 Å². The molecule has 4 heteroatoms. The summed E-state index contributed by atoms with van der Waals surface area (Å²) < 4.78 is 4.25. The van der Waals surface area contributed by atoms with Crippen LogP contribution in [-0.4, -0.2) is 24.0 Å². The van der Waals surface area contributed by atoms with Gasteiger partial charge in [-0.3, -0.25) is 4.79 Å². The van der Waals surface area contributed by atoms with E-state index < -0.39 is 11.8 Å². The molecule has 4 nitrogen and oxygen atoms in total. The molecule has 0 aromatic heterocycles. The minimum absolute atomic E-state index is 0.247. The summed E-state index contributed by atoms with van der Waals surface area (Å²) in [5.41, 5.74) is 2.57. The minimum Gasteiger partial charge on any atom is -0.507 e. The first-order valence-corrected chi connectivity index (χ1v) is 5.06. The van der Waals surface area contributed by atoms with Crippen LogP contribution < -0.4 is 0 Å². The van der Waals surface area contributed by atoms with Crippen molar-refractivity contribution < 1.29 is 19.4 Å². The predicted octanol–water partition coefficient (Wildman–Crippen LogP) is 1.94. The second kappa shape index (κ2) is 5.30. The standard InChI is InChI=1S/C13H14O4/c1-8-4-5-10(6-9(8)2)11(14)7-12(15)13(16)17-3/h4-7,14H,1-3H3/b11-7-. The molecule has 17 heavy (non-hydrogen) atoms. The van der Waals surface area contributed by atoms with Gasteiger partial charge < -0.3 is 9.84 Å². The van der Waals surface area contributed by atoms with Crippen LogP contribution in [0.1, 0.15) is 16.7 Å². The molecule has 1 N–H and O–H groups in total. The topological polar surface area (TPSA) is 63.6 Å². The number of ketones is 1. The van der Waals surface area contributed by atoms with Crippen molar-refractivity contribution in [2.75, 3.05) is 7.11 Å². The highest BCUT2D eigenvalue weighted by Crippen LogP contribution is 2.16. The van der Waals surface area contributed by atoms with E-state index in [1.165, 1.54) is 0 Å². The Balaban J connectivity index is 3.00. The van der Waals surface area contributed by atoms with Crippen molar-refractivity contribution in [2.45, 2.75) is 13.8 Å². The van der Waals surface area contributed by atoms with Gasteiger partial charge in [0.05, 0.1) is 7.11 Å². The maximum absolute atomic E-state index is 11.2. The molecule has 0 aliphatic heterocycles. The third-order valence-electron chi connectivity index (χ3n) is 2.46. The molecule has 0 saturated heterocycles. The van der Waals surface area contributed by atoms with Gasteiger partial charge in [-0.2, -0.15) is 0 Å². The van der Waals surface area contributed by atoms with Crippen LogP contribution in [0.25, 0.3) is 5.76 Å². The van der Waals surface area contributed by atoms with Gasteiger partial charge in [-0.1, -0.05) is 12.1 Å². The third kappa shape index (κ3) is 3.17. The van der Waals surface area contributed by atoms with Crippen LogP contribution in [0.3, 0.4) is 0 Å². The number of aryl methyl sites for hydroxylation is 2. The average molecular weight is 234 g/mol. The molecule has 1 aromatic rings. The molecule has 0 saturated carbocycles. The first-order valence-electron chi connectivity index (χ1n) is 5.06. The number of rotatable bonds is 3. The van der Waals surface area contributed by atoms with E-state index in [1.807, 2.05) is 19.9 Å². The van der Waals surface area contributed by atoms with Crippen LogP contribution in [0.15, 0.2) is 24.3 Å². The summed E-state index contributed by atoms with van der Waals surface area (Å²) in [5.74, 6) is -2.13. The number of methoxy groups -OCH3 is 1. The largest absolute Gasteiger partial charge is 0.507 e. The van der Waals surface area contributed by atoms with E-state index in [4.69, 9.17) is 0 Å². The van der Waals surface area contributed by atoms with Crippen molar-refractivity contribution in [2.24, 2.45) is 0 Å². The van der Waals surface area contributed by atoms with Crippen LogP contribution >= 0.6 is 0 Å².